The van der Waals surface area contributed by atoms with Crippen LogP contribution in [0, 0.1) is 0 Å². The van der Waals surface area contributed by atoms with Crippen LogP contribution in [0.4, 0.5) is 5.69 Å². The number of piperidine rings is 1. The highest BCUT2D eigenvalue weighted by molar-refractivity contribution is 5.51. The van der Waals surface area contributed by atoms with Crippen molar-refractivity contribution in [1.29, 1.82) is 0 Å². The molecule has 1 atom stereocenters. The number of hydrogen-bond acceptors (Lipinski definition) is 3. The fourth-order valence-corrected chi connectivity index (χ4v) is 2.74. The molecule has 1 aliphatic heterocycles. The van der Waals surface area contributed by atoms with Gasteiger partial charge in [-0.2, -0.15) is 0 Å². The van der Waals surface area contributed by atoms with Gasteiger partial charge in [0.05, 0.1) is 7.11 Å². The topological polar surface area (TPSA) is 24.5 Å². The highest BCUT2D eigenvalue weighted by Crippen LogP contribution is 2.26. The molecule has 0 aromatic heterocycles. The Labute approximate surface area is 109 Å². The smallest absolute Gasteiger partial charge is 0.120 e. The van der Waals surface area contributed by atoms with Gasteiger partial charge in [0, 0.05) is 36.9 Å². The van der Waals surface area contributed by atoms with Crippen LogP contribution in [0.3, 0.4) is 0 Å². The Bertz CT molecular complexity index is 403. The van der Waals surface area contributed by atoms with E-state index in [0.717, 1.165) is 24.9 Å². The summed E-state index contributed by atoms with van der Waals surface area (Å²) in [6.07, 6.45) is 5.34. The minimum Gasteiger partial charge on any atom is -0.497 e. The predicted molar refractivity (Wildman–Crippen MR) is 74.4 cm³/mol. The lowest BCUT2D eigenvalue weighted by Crippen LogP contribution is -2.46. The summed E-state index contributed by atoms with van der Waals surface area (Å²) in [5.74, 6) is 0.949. The first-order valence-corrected chi connectivity index (χ1v) is 7.00. The first-order valence-electron chi connectivity index (χ1n) is 7.00. The Hall–Kier alpha value is -1.22. The summed E-state index contributed by atoms with van der Waals surface area (Å²) in [5, 5.41) is 3.75. The average Bonchev–Trinajstić information content (AvgIpc) is 3.23. The van der Waals surface area contributed by atoms with Gasteiger partial charge in [-0.3, -0.25) is 0 Å². The van der Waals surface area contributed by atoms with Gasteiger partial charge in [-0.25, -0.2) is 0 Å². The van der Waals surface area contributed by atoms with Crippen molar-refractivity contribution in [1.82, 2.24) is 5.32 Å². The highest BCUT2D eigenvalue weighted by Gasteiger charge is 2.27. The van der Waals surface area contributed by atoms with Crippen LogP contribution in [0.2, 0.25) is 0 Å². The lowest BCUT2D eigenvalue weighted by molar-refractivity contribution is 0.410. The molecule has 0 amide bonds. The van der Waals surface area contributed by atoms with Crippen molar-refractivity contribution >= 4 is 5.69 Å². The second-order valence-corrected chi connectivity index (χ2v) is 5.43. The number of benzene rings is 1. The first kappa shape index (κ1) is 11.8. The van der Waals surface area contributed by atoms with Gasteiger partial charge < -0.3 is 15.0 Å². The van der Waals surface area contributed by atoms with Crippen LogP contribution in [0.1, 0.15) is 25.7 Å². The maximum Gasteiger partial charge on any atom is 0.120 e. The van der Waals surface area contributed by atoms with E-state index in [1.54, 1.807) is 7.11 Å². The molecular formula is C15H22N2O. The summed E-state index contributed by atoms with van der Waals surface area (Å²) in [4.78, 5) is 2.48. The molecule has 3 rings (SSSR count). The molecule has 98 valence electrons. The maximum absolute atomic E-state index is 5.30. The molecule has 18 heavy (non-hydrogen) atoms. The van der Waals surface area contributed by atoms with Crippen LogP contribution in [-0.2, 0) is 0 Å². The zero-order chi connectivity index (χ0) is 12.4. The molecule has 0 bridgehead atoms. The van der Waals surface area contributed by atoms with Crippen molar-refractivity contribution in [2.45, 2.75) is 37.8 Å². The minimum atomic E-state index is 0.664. The molecule has 1 saturated heterocycles. The fourth-order valence-electron chi connectivity index (χ4n) is 2.74. The molecule has 1 heterocycles. The average molecular weight is 246 g/mol. The van der Waals surface area contributed by atoms with Gasteiger partial charge in [0.2, 0.25) is 0 Å². The number of nitrogens with one attached hydrogen (secondary N) is 1. The summed E-state index contributed by atoms with van der Waals surface area (Å²) in [5.41, 5.74) is 1.29. The van der Waals surface area contributed by atoms with Crippen molar-refractivity contribution in [2.24, 2.45) is 0 Å². The number of nitrogens with zero attached hydrogens (tertiary/aromatic N) is 1. The number of ether oxygens (including phenoxy) is 1. The number of hydrogen-bond donors (Lipinski definition) is 1. The van der Waals surface area contributed by atoms with Crippen molar-refractivity contribution in [3.8, 4) is 5.75 Å². The molecule has 1 saturated carbocycles. The van der Waals surface area contributed by atoms with Crippen molar-refractivity contribution in [2.75, 3.05) is 25.1 Å². The SMILES string of the molecule is COc1cccc(N2CCCC(NC3CC3)C2)c1. The van der Waals surface area contributed by atoms with Crippen LogP contribution in [0.15, 0.2) is 24.3 Å². The molecule has 3 nitrogen and oxygen atoms in total. The normalized spacial score (nSPS) is 24.1. The molecule has 1 aromatic rings. The number of rotatable bonds is 4. The lowest BCUT2D eigenvalue weighted by Gasteiger charge is -2.35. The fraction of sp³-hybridized carbons (Fsp3) is 0.600. The number of anilines is 1. The van der Waals surface area contributed by atoms with E-state index < -0.39 is 0 Å². The summed E-state index contributed by atoms with van der Waals surface area (Å²) in [6, 6.07) is 9.87. The first-order chi connectivity index (χ1) is 8.85. The van der Waals surface area contributed by atoms with Gasteiger partial charge in [-0.05, 0) is 37.8 Å². The van der Waals surface area contributed by atoms with Crippen LogP contribution in [-0.4, -0.2) is 32.3 Å². The molecule has 1 unspecified atom stereocenters. The van der Waals surface area contributed by atoms with E-state index in [9.17, 15) is 0 Å². The van der Waals surface area contributed by atoms with Crippen LogP contribution < -0.4 is 15.0 Å². The van der Waals surface area contributed by atoms with E-state index in [0.29, 0.717) is 6.04 Å². The van der Waals surface area contributed by atoms with Crippen LogP contribution in [0.25, 0.3) is 0 Å². The molecule has 1 N–H and O–H groups in total. The molecule has 2 aliphatic rings. The second kappa shape index (κ2) is 5.19. The van der Waals surface area contributed by atoms with E-state index in [-0.39, 0.29) is 0 Å². The highest BCUT2D eigenvalue weighted by atomic mass is 16.5. The minimum absolute atomic E-state index is 0.664. The number of methoxy groups -OCH3 is 1. The van der Waals surface area contributed by atoms with Gasteiger partial charge >= 0.3 is 0 Å². The Morgan fingerprint density at radius 3 is 2.89 bits per heavy atom. The largest absolute Gasteiger partial charge is 0.497 e. The quantitative estimate of drug-likeness (QED) is 0.883. The van der Waals surface area contributed by atoms with Gasteiger partial charge in [0.1, 0.15) is 5.75 Å². The van der Waals surface area contributed by atoms with Crippen molar-refractivity contribution < 1.29 is 4.74 Å². The Morgan fingerprint density at radius 1 is 1.22 bits per heavy atom. The Morgan fingerprint density at radius 2 is 2.11 bits per heavy atom. The van der Waals surface area contributed by atoms with E-state index in [1.807, 2.05) is 6.07 Å². The molecule has 2 fully saturated rings. The zero-order valence-corrected chi connectivity index (χ0v) is 11.1. The molecule has 1 aliphatic carbocycles. The molecule has 3 heteroatoms. The zero-order valence-electron chi connectivity index (χ0n) is 11.1. The van der Waals surface area contributed by atoms with Crippen LogP contribution >= 0.6 is 0 Å². The Balaban J connectivity index is 1.66. The lowest BCUT2D eigenvalue weighted by atomic mass is 10.0. The van der Waals surface area contributed by atoms with Crippen LogP contribution in [0.5, 0.6) is 5.75 Å². The summed E-state index contributed by atoms with van der Waals surface area (Å²) in [7, 11) is 1.73. The standard InChI is InChI=1S/C15H22N2O/c1-18-15-6-2-5-14(10-15)17-9-3-4-13(11-17)16-12-7-8-12/h2,5-6,10,12-13,16H,3-4,7-9,11H2,1H3. The van der Waals surface area contributed by atoms with E-state index in [2.05, 4.69) is 28.4 Å². The van der Waals surface area contributed by atoms with Gasteiger partial charge in [-0.15, -0.1) is 0 Å². The molecular weight excluding hydrogens is 224 g/mol. The summed E-state index contributed by atoms with van der Waals surface area (Å²) >= 11 is 0. The van der Waals surface area contributed by atoms with E-state index in [1.165, 1.54) is 31.4 Å². The van der Waals surface area contributed by atoms with E-state index in [4.69, 9.17) is 4.74 Å². The molecule has 0 radical (unpaired) electrons. The second-order valence-electron chi connectivity index (χ2n) is 5.43. The molecule has 1 aromatic carbocycles. The predicted octanol–water partition coefficient (Wildman–Crippen LogP) is 2.42. The molecule has 0 spiro atoms. The third-order valence-corrected chi connectivity index (χ3v) is 3.89. The maximum atomic E-state index is 5.30. The monoisotopic (exact) mass is 246 g/mol. The van der Waals surface area contributed by atoms with E-state index >= 15 is 0 Å². The van der Waals surface area contributed by atoms with Gasteiger partial charge in [0.25, 0.3) is 0 Å². The van der Waals surface area contributed by atoms with Gasteiger partial charge in [0.15, 0.2) is 0 Å². The van der Waals surface area contributed by atoms with Crippen molar-refractivity contribution in [3.05, 3.63) is 24.3 Å². The third kappa shape index (κ3) is 2.78. The summed E-state index contributed by atoms with van der Waals surface area (Å²) < 4.78 is 5.30. The van der Waals surface area contributed by atoms with Gasteiger partial charge in [-0.1, -0.05) is 6.07 Å². The summed E-state index contributed by atoms with van der Waals surface area (Å²) in [6.45, 7) is 2.29. The Kier molecular flexibility index (Phi) is 3.41. The van der Waals surface area contributed by atoms with Crippen molar-refractivity contribution in [3.63, 3.8) is 0 Å². The third-order valence-electron chi connectivity index (χ3n) is 3.89.